The molecular weight excluding hydrogens is 368 g/mol. The highest BCUT2D eigenvalue weighted by molar-refractivity contribution is 6.32. The van der Waals surface area contributed by atoms with E-state index in [0.717, 1.165) is 24.9 Å². The first-order chi connectivity index (χ1) is 13.0. The van der Waals surface area contributed by atoms with Crippen molar-refractivity contribution in [3.8, 4) is 11.5 Å². The first kappa shape index (κ1) is 19.0. The van der Waals surface area contributed by atoms with Crippen molar-refractivity contribution in [3.05, 3.63) is 52.0 Å². The second kappa shape index (κ2) is 8.31. The summed E-state index contributed by atoms with van der Waals surface area (Å²) in [7, 11) is 1.43. The molecule has 0 atom stereocenters. The maximum atomic E-state index is 12.8. The fraction of sp³-hybridized carbons (Fsp3) is 0.300. The lowest BCUT2D eigenvalue weighted by atomic mass is 9.90. The van der Waals surface area contributed by atoms with Crippen LogP contribution in [-0.2, 0) is 17.6 Å². The lowest BCUT2D eigenvalue weighted by Gasteiger charge is -2.20. The van der Waals surface area contributed by atoms with Crippen molar-refractivity contribution < 1.29 is 19.1 Å². The molecule has 0 heterocycles. The van der Waals surface area contributed by atoms with Gasteiger partial charge in [0.1, 0.15) is 0 Å². The average Bonchev–Trinajstić information content (AvgIpc) is 2.66. The number of nitrogens with two attached hydrogens (primary N) is 1. The Morgan fingerprint density at radius 1 is 1.22 bits per heavy atom. The first-order valence-electron chi connectivity index (χ1n) is 8.70. The highest BCUT2D eigenvalue weighted by Crippen LogP contribution is 2.37. The van der Waals surface area contributed by atoms with Gasteiger partial charge < -0.3 is 20.5 Å². The Bertz CT molecular complexity index is 883. The molecule has 1 aliphatic carbocycles. The van der Waals surface area contributed by atoms with E-state index in [2.05, 4.69) is 11.4 Å². The Labute approximate surface area is 162 Å². The highest BCUT2D eigenvalue weighted by atomic mass is 35.5. The van der Waals surface area contributed by atoms with Gasteiger partial charge in [-0.2, -0.15) is 0 Å². The number of ether oxygens (including phenoxy) is 2. The van der Waals surface area contributed by atoms with Crippen molar-refractivity contribution in [2.75, 3.05) is 19.0 Å². The standard InChI is InChI=1S/C20H21ClN2O4/c1-26-17-10-13(9-15(21)19(17)27-11-18(22)24)20(25)23-16-8-4-6-12-5-2-3-7-14(12)16/h4,6,8-10H,2-3,5,7,11H2,1H3,(H2,22,24)(H,23,25). The molecule has 0 unspecified atom stereocenters. The molecule has 6 nitrogen and oxygen atoms in total. The summed E-state index contributed by atoms with van der Waals surface area (Å²) in [6.45, 7) is -0.336. The molecule has 0 bridgehead atoms. The van der Waals surface area contributed by atoms with Crippen LogP contribution in [0, 0.1) is 0 Å². The fourth-order valence-electron chi connectivity index (χ4n) is 3.23. The molecule has 27 heavy (non-hydrogen) atoms. The molecule has 0 radical (unpaired) electrons. The minimum Gasteiger partial charge on any atom is -0.493 e. The Balaban J connectivity index is 1.85. The Morgan fingerprint density at radius 2 is 2.00 bits per heavy atom. The highest BCUT2D eigenvalue weighted by Gasteiger charge is 2.19. The molecule has 2 amide bonds. The van der Waals surface area contributed by atoms with Crippen molar-refractivity contribution in [2.24, 2.45) is 5.73 Å². The van der Waals surface area contributed by atoms with Crippen LogP contribution >= 0.6 is 11.6 Å². The third kappa shape index (κ3) is 4.34. The topological polar surface area (TPSA) is 90.7 Å². The van der Waals surface area contributed by atoms with Crippen molar-refractivity contribution >= 4 is 29.1 Å². The molecule has 0 aromatic heterocycles. The van der Waals surface area contributed by atoms with E-state index < -0.39 is 5.91 Å². The fourth-order valence-corrected chi connectivity index (χ4v) is 3.49. The average molecular weight is 389 g/mol. The number of amides is 2. The van der Waals surface area contributed by atoms with E-state index in [9.17, 15) is 9.59 Å². The van der Waals surface area contributed by atoms with Crippen LogP contribution in [0.5, 0.6) is 11.5 Å². The first-order valence-corrected chi connectivity index (χ1v) is 9.08. The summed E-state index contributed by atoms with van der Waals surface area (Å²) in [4.78, 5) is 23.7. The number of hydrogen-bond donors (Lipinski definition) is 2. The van der Waals surface area contributed by atoms with E-state index in [-0.39, 0.29) is 29.0 Å². The maximum absolute atomic E-state index is 12.8. The zero-order chi connectivity index (χ0) is 19.4. The zero-order valence-electron chi connectivity index (χ0n) is 15.0. The summed E-state index contributed by atoms with van der Waals surface area (Å²) in [6, 6.07) is 8.96. The molecule has 7 heteroatoms. The number of fused-ring (bicyclic) bond motifs is 1. The van der Waals surface area contributed by atoms with Crippen LogP contribution in [-0.4, -0.2) is 25.5 Å². The second-order valence-corrected chi connectivity index (χ2v) is 6.76. The molecule has 0 saturated carbocycles. The van der Waals surface area contributed by atoms with Crippen molar-refractivity contribution in [1.29, 1.82) is 0 Å². The number of carbonyl (C=O) groups excluding carboxylic acids is 2. The van der Waals surface area contributed by atoms with E-state index in [1.165, 1.54) is 36.8 Å². The van der Waals surface area contributed by atoms with Gasteiger partial charge in [0, 0.05) is 11.3 Å². The van der Waals surface area contributed by atoms with Crippen molar-refractivity contribution in [2.45, 2.75) is 25.7 Å². The van der Waals surface area contributed by atoms with Gasteiger partial charge in [-0.15, -0.1) is 0 Å². The van der Waals surface area contributed by atoms with Gasteiger partial charge in [0.05, 0.1) is 12.1 Å². The number of carbonyl (C=O) groups is 2. The lowest BCUT2D eigenvalue weighted by molar-refractivity contribution is -0.119. The molecule has 3 rings (SSSR count). The predicted molar refractivity (Wildman–Crippen MR) is 104 cm³/mol. The summed E-state index contributed by atoms with van der Waals surface area (Å²) in [5, 5.41) is 3.13. The summed E-state index contributed by atoms with van der Waals surface area (Å²) in [5.74, 6) is -0.505. The lowest BCUT2D eigenvalue weighted by Crippen LogP contribution is -2.20. The molecule has 0 fully saturated rings. The summed E-state index contributed by atoms with van der Waals surface area (Å²) in [5.41, 5.74) is 8.71. The number of aryl methyl sites for hydroxylation is 1. The van der Waals surface area contributed by atoms with Crippen LogP contribution in [0.2, 0.25) is 5.02 Å². The third-order valence-electron chi connectivity index (χ3n) is 4.49. The summed E-state index contributed by atoms with van der Waals surface area (Å²) < 4.78 is 10.5. The smallest absolute Gasteiger partial charge is 0.255 e. The Kier molecular flexibility index (Phi) is 5.86. The van der Waals surface area contributed by atoms with Gasteiger partial charge in [-0.05, 0) is 55.0 Å². The molecule has 1 aliphatic rings. The van der Waals surface area contributed by atoms with Crippen LogP contribution < -0.4 is 20.5 Å². The maximum Gasteiger partial charge on any atom is 0.255 e. The number of methoxy groups -OCH3 is 1. The van der Waals surface area contributed by atoms with Gasteiger partial charge in [0.15, 0.2) is 18.1 Å². The van der Waals surface area contributed by atoms with Gasteiger partial charge >= 0.3 is 0 Å². The number of nitrogens with one attached hydrogen (secondary N) is 1. The van der Waals surface area contributed by atoms with Crippen LogP contribution in [0.4, 0.5) is 5.69 Å². The largest absolute Gasteiger partial charge is 0.493 e. The molecule has 0 aliphatic heterocycles. The van der Waals surface area contributed by atoms with Crippen LogP contribution in [0.25, 0.3) is 0 Å². The van der Waals surface area contributed by atoms with E-state index in [0.29, 0.717) is 5.56 Å². The Hall–Kier alpha value is -2.73. The van der Waals surface area contributed by atoms with E-state index in [4.69, 9.17) is 26.8 Å². The Morgan fingerprint density at radius 3 is 2.74 bits per heavy atom. The summed E-state index contributed by atoms with van der Waals surface area (Å²) in [6.07, 6.45) is 4.27. The molecule has 2 aromatic rings. The SMILES string of the molecule is COc1cc(C(=O)Nc2cccc3c2CCCC3)cc(Cl)c1OCC(N)=O. The van der Waals surface area contributed by atoms with Gasteiger partial charge in [-0.1, -0.05) is 23.7 Å². The minimum atomic E-state index is -0.635. The van der Waals surface area contributed by atoms with Gasteiger partial charge in [0.25, 0.3) is 11.8 Å². The van der Waals surface area contributed by atoms with Gasteiger partial charge in [-0.25, -0.2) is 0 Å². The molecule has 3 N–H and O–H groups in total. The van der Waals surface area contributed by atoms with Gasteiger partial charge in [-0.3, -0.25) is 9.59 Å². The number of primary amides is 1. The quantitative estimate of drug-likeness (QED) is 0.794. The van der Waals surface area contributed by atoms with Crippen LogP contribution in [0.1, 0.15) is 34.3 Å². The van der Waals surface area contributed by atoms with Crippen molar-refractivity contribution in [1.82, 2.24) is 0 Å². The van der Waals surface area contributed by atoms with Gasteiger partial charge in [0.2, 0.25) is 0 Å². The molecule has 0 spiro atoms. The van der Waals surface area contributed by atoms with Crippen LogP contribution in [0.3, 0.4) is 0 Å². The van der Waals surface area contributed by atoms with Crippen molar-refractivity contribution in [3.63, 3.8) is 0 Å². The van der Waals surface area contributed by atoms with E-state index in [1.54, 1.807) is 0 Å². The monoisotopic (exact) mass is 388 g/mol. The molecule has 2 aromatic carbocycles. The van der Waals surface area contributed by atoms with E-state index >= 15 is 0 Å². The van der Waals surface area contributed by atoms with E-state index in [1.807, 2.05) is 12.1 Å². The third-order valence-corrected chi connectivity index (χ3v) is 4.78. The number of rotatable bonds is 6. The summed E-state index contributed by atoms with van der Waals surface area (Å²) >= 11 is 6.22. The second-order valence-electron chi connectivity index (χ2n) is 6.35. The number of benzene rings is 2. The van der Waals surface area contributed by atoms with Crippen LogP contribution in [0.15, 0.2) is 30.3 Å². The minimum absolute atomic E-state index is 0.163. The zero-order valence-corrected chi connectivity index (χ0v) is 15.8. The predicted octanol–water partition coefficient (Wildman–Crippen LogP) is 3.34. The number of hydrogen-bond acceptors (Lipinski definition) is 4. The normalized spacial score (nSPS) is 12.8. The molecule has 142 valence electrons. The number of halogens is 1. The molecule has 0 saturated heterocycles. The number of anilines is 1. The molecular formula is C20H21ClN2O4.